The van der Waals surface area contributed by atoms with Crippen LogP contribution in [0.25, 0.3) is 11.4 Å². The van der Waals surface area contributed by atoms with Gasteiger partial charge in [0.05, 0.1) is 16.8 Å². The molecule has 0 aliphatic heterocycles. The lowest BCUT2D eigenvalue weighted by molar-refractivity contribution is -0.144. The fraction of sp³-hybridized carbons (Fsp3) is 0.200. The third kappa shape index (κ3) is 3.40. The molecule has 0 unspecified atom stereocenters. The van der Waals surface area contributed by atoms with Gasteiger partial charge >= 0.3 is 6.18 Å². The van der Waals surface area contributed by atoms with Gasteiger partial charge in [-0.2, -0.15) is 23.3 Å². The number of hydrogen-bond acceptors (Lipinski definition) is 4. The van der Waals surface area contributed by atoms with Crippen molar-refractivity contribution in [2.45, 2.75) is 19.6 Å². The van der Waals surface area contributed by atoms with Crippen LogP contribution in [0.3, 0.4) is 0 Å². The van der Waals surface area contributed by atoms with Crippen molar-refractivity contribution in [2.24, 2.45) is 0 Å². The van der Waals surface area contributed by atoms with Crippen LogP contribution in [0.1, 0.15) is 23.0 Å². The molecule has 2 N–H and O–H groups in total. The highest BCUT2D eigenvalue weighted by Crippen LogP contribution is 2.32. The van der Waals surface area contributed by atoms with E-state index in [0.29, 0.717) is 15.3 Å². The molecule has 26 heavy (non-hydrogen) atoms. The van der Waals surface area contributed by atoms with Gasteiger partial charge < -0.3 is 0 Å². The van der Waals surface area contributed by atoms with E-state index in [1.165, 1.54) is 6.92 Å². The van der Waals surface area contributed by atoms with Gasteiger partial charge in [-0.25, -0.2) is 0 Å². The number of H-pyrrole nitrogens is 1. The second kappa shape index (κ2) is 6.79. The van der Waals surface area contributed by atoms with Crippen molar-refractivity contribution in [3.8, 4) is 11.4 Å². The van der Waals surface area contributed by atoms with Crippen LogP contribution in [0.15, 0.2) is 30.5 Å². The largest absolute Gasteiger partial charge is 0.433 e. The molecule has 3 aromatic rings. The molecule has 0 fully saturated rings. The van der Waals surface area contributed by atoms with Crippen LogP contribution in [-0.4, -0.2) is 30.9 Å². The number of hydrogen-bond donors (Lipinski definition) is 2. The highest BCUT2D eigenvalue weighted by Gasteiger charge is 2.40. The molecule has 0 bridgehead atoms. The Hall–Kier alpha value is -2.88. The van der Waals surface area contributed by atoms with Gasteiger partial charge in [-0.15, -0.1) is 5.10 Å². The van der Waals surface area contributed by atoms with Gasteiger partial charge in [-0.05, 0) is 19.1 Å². The highest BCUT2D eigenvalue weighted by molar-refractivity contribution is 6.33. The molecule has 136 valence electrons. The fourth-order valence-electron chi connectivity index (χ4n) is 2.35. The van der Waals surface area contributed by atoms with Gasteiger partial charge in [0, 0.05) is 12.1 Å². The molecule has 3 rings (SSSR count). The highest BCUT2D eigenvalue weighted by atomic mass is 35.5. The Kier molecular flexibility index (Phi) is 4.68. The van der Waals surface area contributed by atoms with E-state index in [2.05, 4.69) is 25.6 Å². The summed E-state index contributed by atoms with van der Waals surface area (Å²) in [5.74, 6) is -0.921. The van der Waals surface area contributed by atoms with Gasteiger partial charge in [-0.3, -0.25) is 19.9 Å². The molecule has 7 nitrogen and oxygen atoms in total. The summed E-state index contributed by atoms with van der Waals surface area (Å²) in [6, 6.07) is 6.79. The van der Waals surface area contributed by atoms with Crippen LogP contribution in [-0.2, 0) is 12.7 Å². The normalized spacial score (nSPS) is 11.6. The molecule has 0 aliphatic rings. The van der Waals surface area contributed by atoms with Crippen molar-refractivity contribution in [2.75, 3.05) is 5.32 Å². The standard InChI is InChI=1S/C15H12ClF3N6O/c1-2-25-11(15(17,18)19)9(7-20-25)13(26)22-14-21-12(23-24-14)8-5-3-4-6-10(8)16/h3-7H,2H2,1H3,(H2,21,22,23,24,26). The number of aromatic nitrogens is 5. The first kappa shape index (κ1) is 17.9. The predicted molar refractivity (Wildman–Crippen MR) is 87.7 cm³/mol. The molecular weight excluding hydrogens is 373 g/mol. The lowest BCUT2D eigenvalue weighted by Gasteiger charge is -2.10. The number of nitrogens with zero attached hydrogens (tertiary/aromatic N) is 4. The number of rotatable bonds is 4. The second-order valence-electron chi connectivity index (χ2n) is 5.16. The summed E-state index contributed by atoms with van der Waals surface area (Å²) in [5, 5.41) is 12.6. The fourth-order valence-corrected chi connectivity index (χ4v) is 2.58. The van der Waals surface area contributed by atoms with Gasteiger partial charge in [0.15, 0.2) is 11.5 Å². The van der Waals surface area contributed by atoms with E-state index in [1.54, 1.807) is 24.3 Å². The number of aryl methyl sites for hydroxylation is 1. The van der Waals surface area contributed by atoms with Crippen LogP contribution in [0.4, 0.5) is 19.1 Å². The number of carbonyl (C=O) groups is 1. The first-order valence-corrected chi connectivity index (χ1v) is 7.80. The van der Waals surface area contributed by atoms with Gasteiger partial charge in [-0.1, -0.05) is 23.7 Å². The van der Waals surface area contributed by atoms with E-state index >= 15 is 0 Å². The smallest absolute Gasteiger partial charge is 0.289 e. The van der Waals surface area contributed by atoms with E-state index < -0.39 is 23.3 Å². The number of carbonyl (C=O) groups excluding carboxylic acids is 1. The maximum Gasteiger partial charge on any atom is 0.433 e. The number of amides is 1. The quantitative estimate of drug-likeness (QED) is 0.719. The van der Waals surface area contributed by atoms with E-state index in [0.717, 1.165) is 6.20 Å². The van der Waals surface area contributed by atoms with Crippen molar-refractivity contribution in [1.29, 1.82) is 0 Å². The number of halogens is 4. The van der Waals surface area contributed by atoms with Crippen LogP contribution < -0.4 is 5.32 Å². The van der Waals surface area contributed by atoms with Gasteiger partial charge in [0.2, 0.25) is 5.95 Å². The minimum Gasteiger partial charge on any atom is -0.289 e. The number of anilines is 1. The van der Waals surface area contributed by atoms with Crippen LogP contribution in [0.5, 0.6) is 0 Å². The van der Waals surface area contributed by atoms with Gasteiger partial charge in [0.1, 0.15) is 0 Å². The molecule has 0 saturated heterocycles. The van der Waals surface area contributed by atoms with Crippen molar-refractivity contribution in [3.05, 3.63) is 46.7 Å². The summed E-state index contributed by atoms with van der Waals surface area (Å²) in [6.45, 7) is 1.47. The summed E-state index contributed by atoms with van der Waals surface area (Å²) >= 11 is 6.05. The molecule has 0 atom stereocenters. The minimum absolute atomic E-state index is 0.0283. The maximum absolute atomic E-state index is 13.2. The molecule has 0 radical (unpaired) electrons. The summed E-state index contributed by atoms with van der Waals surface area (Å²) in [4.78, 5) is 16.3. The number of aromatic amines is 1. The third-order valence-electron chi connectivity index (χ3n) is 3.49. The lowest BCUT2D eigenvalue weighted by atomic mass is 10.2. The first-order valence-electron chi connectivity index (χ1n) is 7.43. The monoisotopic (exact) mass is 384 g/mol. The van der Waals surface area contributed by atoms with Crippen molar-refractivity contribution < 1.29 is 18.0 Å². The first-order chi connectivity index (χ1) is 12.3. The Morgan fingerprint density at radius 1 is 1.35 bits per heavy atom. The SMILES string of the molecule is CCn1ncc(C(=O)Nc2n[nH]c(-c3ccccc3Cl)n2)c1C(F)(F)F. The van der Waals surface area contributed by atoms with Crippen molar-refractivity contribution in [3.63, 3.8) is 0 Å². The maximum atomic E-state index is 13.2. The molecule has 0 saturated carbocycles. The topological polar surface area (TPSA) is 88.5 Å². The molecular formula is C15H12ClF3N6O. The molecule has 2 heterocycles. The lowest BCUT2D eigenvalue weighted by Crippen LogP contribution is -2.21. The Labute approximate surface area is 150 Å². The predicted octanol–water partition coefficient (Wildman–Crippen LogP) is 3.61. The Bertz CT molecular complexity index is 949. The zero-order chi connectivity index (χ0) is 18.9. The molecule has 11 heteroatoms. The number of nitrogens with one attached hydrogen (secondary N) is 2. The van der Waals surface area contributed by atoms with Crippen LogP contribution in [0, 0.1) is 0 Å². The number of benzene rings is 1. The zero-order valence-corrected chi connectivity index (χ0v) is 14.1. The van der Waals surface area contributed by atoms with Gasteiger partial charge in [0.25, 0.3) is 5.91 Å². The summed E-state index contributed by atoms with van der Waals surface area (Å²) in [6.07, 6.45) is -3.86. The Balaban J connectivity index is 1.86. The van der Waals surface area contributed by atoms with Crippen LogP contribution in [0.2, 0.25) is 5.02 Å². The average molecular weight is 385 g/mol. The molecule has 0 aliphatic carbocycles. The zero-order valence-electron chi connectivity index (χ0n) is 13.3. The molecule has 1 amide bonds. The minimum atomic E-state index is -4.72. The van der Waals surface area contributed by atoms with E-state index in [1.807, 2.05) is 0 Å². The molecule has 1 aromatic carbocycles. The van der Waals surface area contributed by atoms with Crippen molar-refractivity contribution in [1.82, 2.24) is 25.0 Å². The van der Waals surface area contributed by atoms with E-state index in [9.17, 15) is 18.0 Å². The summed E-state index contributed by atoms with van der Waals surface area (Å²) in [5.41, 5.74) is -1.19. The Morgan fingerprint density at radius 3 is 2.73 bits per heavy atom. The van der Waals surface area contributed by atoms with E-state index in [-0.39, 0.29) is 18.3 Å². The van der Waals surface area contributed by atoms with E-state index in [4.69, 9.17) is 11.6 Å². The Morgan fingerprint density at radius 2 is 2.08 bits per heavy atom. The number of alkyl halides is 3. The second-order valence-corrected chi connectivity index (χ2v) is 5.57. The summed E-state index contributed by atoms with van der Waals surface area (Å²) < 4.78 is 40.3. The van der Waals surface area contributed by atoms with Crippen LogP contribution >= 0.6 is 11.6 Å². The molecule has 2 aromatic heterocycles. The van der Waals surface area contributed by atoms with Crippen molar-refractivity contribution >= 4 is 23.5 Å². The third-order valence-corrected chi connectivity index (χ3v) is 3.82. The summed E-state index contributed by atoms with van der Waals surface area (Å²) in [7, 11) is 0. The average Bonchev–Trinajstić information content (AvgIpc) is 3.21. The molecule has 0 spiro atoms.